The molecule has 1 unspecified atom stereocenters. The summed E-state index contributed by atoms with van der Waals surface area (Å²) in [5.74, 6) is 1.94. The molecule has 0 spiro atoms. The summed E-state index contributed by atoms with van der Waals surface area (Å²) in [6, 6.07) is 17.6. The molecule has 6 nitrogen and oxygen atoms in total. The lowest BCUT2D eigenvalue weighted by Crippen LogP contribution is -2.35. The van der Waals surface area contributed by atoms with Crippen molar-refractivity contribution in [2.24, 2.45) is 0 Å². The number of fused-ring (bicyclic) bond motifs is 1. The number of carbonyl (C=O) groups excluding carboxylic acids is 1. The van der Waals surface area contributed by atoms with Gasteiger partial charge in [-0.2, -0.15) is 0 Å². The molecule has 1 aliphatic rings. The van der Waals surface area contributed by atoms with Gasteiger partial charge in [0, 0.05) is 31.0 Å². The highest BCUT2D eigenvalue weighted by Crippen LogP contribution is 2.17. The van der Waals surface area contributed by atoms with E-state index in [1.165, 1.54) is 5.56 Å². The number of nitrogens with one attached hydrogen (secondary N) is 1. The Morgan fingerprint density at radius 1 is 1.03 bits per heavy atom. The van der Waals surface area contributed by atoms with E-state index in [0.29, 0.717) is 5.56 Å². The van der Waals surface area contributed by atoms with Gasteiger partial charge in [-0.05, 0) is 42.5 Å². The highest BCUT2D eigenvalue weighted by molar-refractivity contribution is 5.94. The summed E-state index contributed by atoms with van der Waals surface area (Å²) in [4.78, 5) is 12.6. The summed E-state index contributed by atoms with van der Waals surface area (Å²) in [6.07, 6.45) is 4.32. The van der Waals surface area contributed by atoms with Crippen LogP contribution < -0.4 is 5.32 Å². The third-order valence-corrected chi connectivity index (χ3v) is 5.51. The van der Waals surface area contributed by atoms with Gasteiger partial charge < -0.3 is 15.0 Å². The van der Waals surface area contributed by atoms with Crippen LogP contribution in [0.3, 0.4) is 0 Å². The Hall–Kier alpha value is -2.99. The number of hydrogen-bond acceptors (Lipinski definition) is 4. The molecule has 2 N–H and O–H groups in total. The lowest BCUT2D eigenvalue weighted by Gasteiger charge is -2.16. The molecule has 150 valence electrons. The first-order valence-electron chi connectivity index (χ1n) is 10.2. The fraction of sp³-hybridized carbons (Fsp3) is 0.348. The standard InChI is InChI=1S/C23H26N4O2/c28-16-18-7-4-8-19(15-18)23(29)24-20-10-12-22-26-25-21(27(22)14-13-20)11-9-17-5-2-1-3-6-17/h1-8,15,20,28H,9-14,16H2,(H,24,29). The Bertz CT molecular complexity index is 968. The van der Waals surface area contributed by atoms with Gasteiger partial charge in [-0.15, -0.1) is 10.2 Å². The van der Waals surface area contributed by atoms with Gasteiger partial charge in [0.25, 0.3) is 5.91 Å². The Balaban J connectivity index is 1.37. The largest absolute Gasteiger partial charge is 0.392 e. The monoisotopic (exact) mass is 390 g/mol. The predicted molar refractivity (Wildman–Crippen MR) is 110 cm³/mol. The molecule has 0 fully saturated rings. The van der Waals surface area contributed by atoms with Crippen molar-refractivity contribution in [3.8, 4) is 0 Å². The fourth-order valence-corrected chi connectivity index (χ4v) is 3.86. The Morgan fingerprint density at radius 2 is 1.86 bits per heavy atom. The van der Waals surface area contributed by atoms with E-state index in [4.69, 9.17) is 0 Å². The lowest BCUT2D eigenvalue weighted by molar-refractivity contribution is 0.0932. The topological polar surface area (TPSA) is 80.0 Å². The minimum Gasteiger partial charge on any atom is -0.392 e. The van der Waals surface area contributed by atoms with Crippen LogP contribution in [0, 0.1) is 0 Å². The van der Waals surface area contributed by atoms with Gasteiger partial charge in [0.2, 0.25) is 0 Å². The number of nitrogens with zero attached hydrogens (tertiary/aromatic N) is 3. The molecule has 2 aromatic carbocycles. The number of carbonyl (C=O) groups is 1. The van der Waals surface area contributed by atoms with Gasteiger partial charge in [0.15, 0.2) is 0 Å². The van der Waals surface area contributed by atoms with Crippen LogP contribution in [0.4, 0.5) is 0 Å². The molecule has 1 amide bonds. The molecule has 4 rings (SSSR count). The van der Waals surface area contributed by atoms with E-state index >= 15 is 0 Å². The second-order valence-corrected chi connectivity index (χ2v) is 7.53. The molecule has 3 aromatic rings. The molecule has 2 heterocycles. The van der Waals surface area contributed by atoms with Gasteiger partial charge >= 0.3 is 0 Å². The van der Waals surface area contributed by atoms with Crippen LogP contribution in [0.1, 0.15) is 46.0 Å². The second-order valence-electron chi connectivity index (χ2n) is 7.53. The number of aliphatic hydroxyl groups is 1. The van der Waals surface area contributed by atoms with E-state index in [-0.39, 0.29) is 18.6 Å². The molecular weight excluding hydrogens is 364 g/mol. The van der Waals surface area contributed by atoms with Crippen LogP contribution in [-0.4, -0.2) is 31.8 Å². The zero-order chi connectivity index (χ0) is 20.1. The second kappa shape index (κ2) is 9.01. The number of aliphatic hydroxyl groups excluding tert-OH is 1. The maximum Gasteiger partial charge on any atom is 0.251 e. The van der Waals surface area contributed by atoms with E-state index < -0.39 is 0 Å². The van der Waals surface area contributed by atoms with Crippen molar-refractivity contribution < 1.29 is 9.90 Å². The molecule has 1 atom stereocenters. The minimum atomic E-state index is -0.0905. The quantitative estimate of drug-likeness (QED) is 0.678. The molecule has 0 saturated carbocycles. The molecule has 1 aliphatic heterocycles. The SMILES string of the molecule is O=C(NC1CCc2nnc(CCc3ccccc3)n2CC1)c1cccc(CO)c1. The Labute approximate surface area is 170 Å². The zero-order valence-electron chi connectivity index (χ0n) is 16.4. The summed E-state index contributed by atoms with van der Waals surface area (Å²) in [7, 11) is 0. The van der Waals surface area contributed by atoms with Gasteiger partial charge in [0.05, 0.1) is 6.61 Å². The molecule has 0 radical (unpaired) electrons. The van der Waals surface area contributed by atoms with Crippen molar-refractivity contribution in [3.63, 3.8) is 0 Å². The third kappa shape index (κ3) is 4.71. The van der Waals surface area contributed by atoms with Crippen LogP contribution in [0.2, 0.25) is 0 Å². The maximum atomic E-state index is 12.6. The van der Waals surface area contributed by atoms with Crippen LogP contribution in [0.25, 0.3) is 0 Å². The first-order valence-corrected chi connectivity index (χ1v) is 10.2. The van der Waals surface area contributed by atoms with Gasteiger partial charge in [0.1, 0.15) is 11.6 Å². The van der Waals surface area contributed by atoms with Crippen LogP contribution >= 0.6 is 0 Å². The minimum absolute atomic E-state index is 0.0651. The van der Waals surface area contributed by atoms with E-state index in [9.17, 15) is 9.90 Å². The summed E-state index contributed by atoms with van der Waals surface area (Å²) in [5.41, 5.74) is 2.63. The number of amides is 1. The van der Waals surface area contributed by atoms with Crippen molar-refractivity contribution in [2.45, 2.75) is 51.3 Å². The molecule has 0 aliphatic carbocycles. The average molecular weight is 390 g/mol. The number of rotatable bonds is 6. The fourth-order valence-electron chi connectivity index (χ4n) is 3.86. The predicted octanol–water partition coefficient (Wildman–Crippen LogP) is 2.69. The third-order valence-electron chi connectivity index (χ3n) is 5.51. The van der Waals surface area contributed by atoms with E-state index in [0.717, 1.165) is 55.9 Å². The highest BCUT2D eigenvalue weighted by Gasteiger charge is 2.22. The van der Waals surface area contributed by atoms with Crippen molar-refractivity contribution in [3.05, 3.63) is 82.9 Å². The summed E-state index contributed by atoms with van der Waals surface area (Å²) >= 11 is 0. The summed E-state index contributed by atoms with van der Waals surface area (Å²) < 4.78 is 2.22. The van der Waals surface area contributed by atoms with Crippen molar-refractivity contribution >= 4 is 5.91 Å². The van der Waals surface area contributed by atoms with Crippen molar-refractivity contribution in [2.75, 3.05) is 0 Å². The Kier molecular flexibility index (Phi) is 6.00. The number of aryl methyl sites for hydroxylation is 3. The van der Waals surface area contributed by atoms with Crippen LogP contribution in [-0.2, 0) is 32.4 Å². The van der Waals surface area contributed by atoms with Gasteiger partial charge in [-0.1, -0.05) is 42.5 Å². The normalized spacial score (nSPS) is 16.1. The molecule has 29 heavy (non-hydrogen) atoms. The average Bonchev–Trinajstić information content (AvgIpc) is 3.05. The van der Waals surface area contributed by atoms with Crippen LogP contribution in [0.15, 0.2) is 54.6 Å². The van der Waals surface area contributed by atoms with E-state index in [1.807, 2.05) is 12.1 Å². The van der Waals surface area contributed by atoms with E-state index in [2.05, 4.69) is 44.3 Å². The number of benzene rings is 2. The smallest absolute Gasteiger partial charge is 0.251 e. The molecule has 1 aromatic heterocycles. The first-order chi connectivity index (χ1) is 14.2. The van der Waals surface area contributed by atoms with Crippen molar-refractivity contribution in [1.82, 2.24) is 20.1 Å². The lowest BCUT2D eigenvalue weighted by atomic mass is 10.1. The summed E-state index contributed by atoms with van der Waals surface area (Å²) in [6.45, 7) is 0.749. The molecular formula is C23H26N4O2. The van der Waals surface area contributed by atoms with Gasteiger partial charge in [-0.25, -0.2) is 0 Å². The van der Waals surface area contributed by atoms with E-state index in [1.54, 1.807) is 18.2 Å². The molecule has 6 heteroatoms. The Morgan fingerprint density at radius 3 is 2.69 bits per heavy atom. The summed E-state index contributed by atoms with van der Waals surface area (Å²) in [5, 5.41) is 21.2. The zero-order valence-corrected chi connectivity index (χ0v) is 16.4. The molecule has 0 saturated heterocycles. The van der Waals surface area contributed by atoms with Gasteiger partial charge in [-0.3, -0.25) is 4.79 Å². The first kappa shape index (κ1) is 19.3. The number of hydrogen-bond donors (Lipinski definition) is 2. The van der Waals surface area contributed by atoms with Crippen molar-refractivity contribution in [1.29, 1.82) is 0 Å². The molecule has 0 bridgehead atoms. The maximum absolute atomic E-state index is 12.6. The van der Waals surface area contributed by atoms with Crippen LogP contribution in [0.5, 0.6) is 0 Å². The highest BCUT2D eigenvalue weighted by atomic mass is 16.3. The number of aromatic nitrogens is 3.